The third-order valence-corrected chi connectivity index (χ3v) is 2.48. The highest BCUT2D eigenvalue weighted by molar-refractivity contribution is 6.01. The van der Waals surface area contributed by atoms with Gasteiger partial charge in [0.15, 0.2) is 0 Å². The number of nitrogens with zero attached hydrogens (tertiary/aromatic N) is 1. The van der Waals surface area contributed by atoms with Crippen LogP contribution in [0.1, 0.15) is 25.5 Å². The second kappa shape index (κ2) is 7.22. The maximum atomic E-state index is 11.5. The lowest BCUT2D eigenvalue weighted by atomic mass is 10.0. The number of carboxylic acids is 1. The lowest BCUT2D eigenvalue weighted by molar-refractivity contribution is -0.138. The first-order valence-corrected chi connectivity index (χ1v) is 6.12. The van der Waals surface area contributed by atoms with E-state index in [0.29, 0.717) is 5.69 Å². The van der Waals surface area contributed by atoms with Gasteiger partial charge in [0.05, 0.1) is 11.9 Å². The lowest BCUT2D eigenvalue weighted by Crippen LogP contribution is -2.35. The van der Waals surface area contributed by atoms with Crippen LogP contribution in [0.4, 0.5) is 10.5 Å². The third kappa shape index (κ3) is 5.94. The van der Waals surface area contributed by atoms with E-state index in [1.165, 1.54) is 6.20 Å². The van der Waals surface area contributed by atoms with E-state index in [-0.39, 0.29) is 18.8 Å². The summed E-state index contributed by atoms with van der Waals surface area (Å²) in [6, 6.07) is 2.73. The van der Waals surface area contributed by atoms with Crippen LogP contribution in [-0.2, 0) is 9.59 Å². The van der Waals surface area contributed by atoms with E-state index in [0.717, 1.165) is 5.69 Å². The zero-order chi connectivity index (χ0) is 15.1. The van der Waals surface area contributed by atoms with Gasteiger partial charge in [-0.25, -0.2) is 4.79 Å². The van der Waals surface area contributed by atoms with E-state index >= 15 is 0 Å². The monoisotopic (exact) mass is 279 g/mol. The number of aliphatic carboxylic acids is 1. The van der Waals surface area contributed by atoms with Crippen molar-refractivity contribution in [3.63, 3.8) is 0 Å². The Hall–Kier alpha value is -2.44. The number of urea groups is 1. The fourth-order valence-electron chi connectivity index (χ4n) is 1.57. The zero-order valence-electron chi connectivity index (χ0n) is 11.3. The van der Waals surface area contributed by atoms with Crippen molar-refractivity contribution in [2.24, 2.45) is 5.92 Å². The number of hydrogen-bond acceptors (Lipinski definition) is 4. The molecule has 3 N–H and O–H groups in total. The summed E-state index contributed by atoms with van der Waals surface area (Å²) in [5, 5.41) is 13.2. The highest BCUT2D eigenvalue weighted by Gasteiger charge is 2.14. The molecule has 0 aromatic carbocycles. The molecule has 1 heterocycles. The van der Waals surface area contributed by atoms with Gasteiger partial charge in [-0.15, -0.1) is 0 Å². The van der Waals surface area contributed by atoms with Crippen LogP contribution >= 0.6 is 0 Å². The smallest absolute Gasteiger partial charge is 0.325 e. The van der Waals surface area contributed by atoms with Gasteiger partial charge in [-0.3, -0.25) is 19.9 Å². The Morgan fingerprint density at radius 3 is 2.55 bits per heavy atom. The van der Waals surface area contributed by atoms with Gasteiger partial charge in [0.2, 0.25) is 5.91 Å². The summed E-state index contributed by atoms with van der Waals surface area (Å²) in [5.41, 5.74) is 1.29. The van der Waals surface area contributed by atoms with Crippen LogP contribution < -0.4 is 10.6 Å². The Kier molecular flexibility index (Phi) is 5.64. The van der Waals surface area contributed by atoms with Crippen LogP contribution in [0.2, 0.25) is 0 Å². The minimum atomic E-state index is -0.972. The summed E-state index contributed by atoms with van der Waals surface area (Å²) in [6.07, 6.45) is 1.34. The van der Waals surface area contributed by atoms with Gasteiger partial charge >= 0.3 is 12.0 Å². The van der Waals surface area contributed by atoms with Crippen LogP contribution in [0.3, 0.4) is 0 Å². The molecule has 0 saturated carbocycles. The van der Waals surface area contributed by atoms with Gasteiger partial charge in [0.1, 0.15) is 0 Å². The van der Waals surface area contributed by atoms with E-state index < -0.39 is 17.9 Å². The number of rotatable bonds is 5. The second-order valence-electron chi connectivity index (χ2n) is 4.60. The van der Waals surface area contributed by atoms with Crippen molar-refractivity contribution < 1.29 is 19.5 Å². The molecule has 7 nitrogen and oxygen atoms in total. The van der Waals surface area contributed by atoms with E-state index in [1.54, 1.807) is 19.1 Å². The molecule has 1 aromatic heterocycles. The maximum absolute atomic E-state index is 11.5. The molecular formula is C13H17N3O4. The predicted octanol–water partition coefficient (Wildman–Crippen LogP) is 1.54. The Bertz CT molecular complexity index is 499. The molecule has 20 heavy (non-hydrogen) atoms. The molecule has 0 fully saturated rings. The fraction of sp³-hybridized carbons (Fsp3) is 0.385. The quantitative estimate of drug-likeness (QED) is 0.757. The van der Waals surface area contributed by atoms with Gasteiger partial charge in [0, 0.05) is 18.5 Å². The highest BCUT2D eigenvalue weighted by Crippen LogP contribution is 2.08. The van der Waals surface area contributed by atoms with Crippen LogP contribution in [-0.4, -0.2) is 28.0 Å². The lowest BCUT2D eigenvalue weighted by Gasteiger charge is -2.09. The number of aromatic nitrogens is 1. The number of carboxylic acid groups (broad SMARTS) is 1. The van der Waals surface area contributed by atoms with Gasteiger partial charge < -0.3 is 10.4 Å². The van der Waals surface area contributed by atoms with E-state index in [4.69, 9.17) is 5.11 Å². The van der Waals surface area contributed by atoms with E-state index in [9.17, 15) is 14.4 Å². The summed E-state index contributed by atoms with van der Waals surface area (Å²) >= 11 is 0. The molecule has 1 rings (SSSR count). The van der Waals surface area contributed by atoms with Crippen LogP contribution in [0, 0.1) is 12.8 Å². The minimum Gasteiger partial charge on any atom is -0.481 e. The number of anilines is 1. The predicted molar refractivity (Wildman–Crippen MR) is 72.2 cm³/mol. The Labute approximate surface area is 116 Å². The molecule has 0 saturated heterocycles. The number of amides is 3. The van der Waals surface area contributed by atoms with Gasteiger partial charge in [0.25, 0.3) is 0 Å². The van der Waals surface area contributed by atoms with Crippen LogP contribution in [0.5, 0.6) is 0 Å². The molecule has 0 radical (unpaired) electrons. The first kappa shape index (κ1) is 15.6. The standard InChI is InChI=1S/C13H17N3O4/c1-8(6-12(18)19)5-11(17)16-13(20)15-10-4-3-9(2)14-7-10/h3-4,7-8H,5-6H2,1-2H3,(H,18,19)(H2,15,16,17,20). The Morgan fingerprint density at radius 1 is 1.30 bits per heavy atom. The number of aryl methyl sites for hydroxylation is 1. The molecule has 3 amide bonds. The Balaban J connectivity index is 2.40. The second-order valence-corrected chi connectivity index (χ2v) is 4.60. The van der Waals surface area contributed by atoms with Crippen molar-refractivity contribution in [3.8, 4) is 0 Å². The summed E-state index contributed by atoms with van der Waals surface area (Å²) in [7, 11) is 0. The maximum Gasteiger partial charge on any atom is 0.325 e. The van der Waals surface area contributed by atoms with Gasteiger partial charge in [-0.1, -0.05) is 6.92 Å². The SMILES string of the molecule is Cc1ccc(NC(=O)NC(=O)CC(C)CC(=O)O)cn1. The molecule has 0 aliphatic carbocycles. The van der Waals surface area contributed by atoms with Gasteiger partial charge in [-0.05, 0) is 25.0 Å². The van der Waals surface area contributed by atoms with Crippen molar-refractivity contribution >= 4 is 23.6 Å². The molecule has 1 atom stereocenters. The topological polar surface area (TPSA) is 108 Å². The van der Waals surface area contributed by atoms with Crippen molar-refractivity contribution in [2.45, 2.75) is 26.7 Å². The van der Waals surface area contributed by atoms with Crippen molar-refractivity contribution in [1.29, 1.82) is 0 Å². The molecule has 0 aliphatic heterocycles. The zero-order valence-corrected chi connectivity index (χ0v) is 11.3. The largest absolute Gasteiger partial charge is 0.481 e. The molecule has 0 aliphatic rings. The van der Waals surface area contributed by atoms with Crippen LogP contribution in [0.15, 0.2) is 18.3 Å². The number of carbonyl (C=O) groups excluding carboxylic acids is 2. The van der Waals surface area contributed by atoms with E-state index in [1.807, 2.05) is 6.92 Å². The molecule has 1 unspecified atom stereocenters. The van der Waals surface area contributed by atoms with Gasteiger partial charge in [-0.2, -0.15) is 0 Å². The third-order valence-electron chi connectivity index (χ3n) is 2.48. The van der Waals surface area contributed by atoms with Crippen LogP contribution in [0.25, 0.3) is 0 Å². The molecule has 0 spiro atoms. The average molecular weight is 279 g/mol. The highest BCUT2D eigenvalue weighted by atomic mass is 16.4. The normalized spacial score (nSPS) is 11.5. The Morgan fingerprint density at radius 2 is 2.00 bits per heavy atom. The van der Waals surface area contributed by atoms with Crippen molar-refractivity contribution in [3.05, 3.63) is 24.0 Å². The number of hydrogen-bond donors (Lipinski definition) is 3. The van der Waals surface area contributed by atoms with E-state index in [2.05, 4.69) is 15.6 Å². The van der Waals surface area contributed by atoms with Crippen molar-refractivity contribution in [2.75, 3.05) is 5.32 Å². The molecule has 108 valence electrons. The number of imide groups is 1. The first-order valence-electron chi connectivity index (χ1n) is 6.12. The summed E-state index contributed by atoms with van der Waals surface area (Å²) in [6.45, 7) is 3.45. The number of pyridine rings is 1. The molecule has 1 aromatic rings. The average Bonchev–Trinajstić information content (AvgIpc) is 2.30. The minimum absolute atomic E-state index is 0.0220. The summed E-state index contributed by atoms with van der Waals surface area (Å²) in [5.74, 6) is -1.82. The first-order chi connectivity index (χ1) is 9.36. The fourth-order valence-corrected chi connectivity index (χ4v) is 1.57. The number of nitrogens with one attached hydrogen (secondary N) is 2. The molecular weight excluding hydrogens is 262 g/mol. The van der Waals surface area contributed by atoms with Crippen molar-refractivity contribution in [1.82, 2.24) is 10.3 Å². The summed E-state index contributed by atoms with van der Waals surface area (Å²) in [4.78, 5) is 37.5. The molecule has 7 heteroatoms. The summed E-state index contributed by atoms with van der Waals surface area (Å²) < 4.78 is 0. The molecule has 0 bridgehead atoms. The number of carbonyl (C=O) groups is 3.